The van der Waals surface area contributed by atoms with E-state index in [1.54, 1.807) is 0 Å². The molecule has 56 heavy (non-hydrogen) atoms. The topological polar surface area (TPSA) is 95.9 Å². The molecular weight excluding hydrogens is 695 g/mol. The number of unbranched alkanes of at least 4 members (excludes halogenated alkanes) is 20. The zero-order valence-corrected chi connectivity index (χ0v) is 36.5. The quantitative estimate of drug-likeness (QED) is 0.0249. The number of hydrogen-bond acceptors (Lipinski definition) is 5. The van der Waals surface area contributed by atoms with Crippen LogP contribution in [-0.2, 0) is 14.3 Å². The van der Waals surface area contributed by atoms with Crippen LogP contribution in [0.1, 0.15) is 207 Å². The monoisotopic (exact) mass is 782 g/mol. The Bertz CT molecular complexity index is 1060. The molecule has 0 saturated heterocycles. The molecule has 6 nitrogen and oxygen atoms in total. The first-order chi connectivity index (χ1) is 27.5. The summed E-state index contributed by atoms with van der Waals surface area (Å²) in [5.74, 6) is -0.538. The first kappa shape index (κ1) is 53.3. The van der Waals surface area contributed by atoms with Crippen molar-refractivity contribution in [1.82, 2.24) is 5.32 Å². The zero-order valence-electron chi connectivity index (χ0n) is 36.5. The van der Waals surface area contributed by atoms with E-state index in [1.165, 1.54) is 83.5 Å². The summed E-state index contributed by atoms with van der Waals surface area (Å²) in [6.07, 6.45) is 53.8. The molecule has 0 aromatic rings. The van der Waals surface area contributed by atoms with Crippen LogP contribution in [0, 0.1) is 0 Å². The Labute approximate surface area is 345 Å². The lowest BCUT2D eigenvalue weighted by atomic mass is 10.0. The van der Waals surface area contributed by atoms with E-state index in [-0.39, 0.29) is 24.9 Å². The van der Waals surface area contributed by atoms with Crippen LogP contribution < -0.4 is 5.32 Å². The number of rotatable bonds is 40. The minimum Gasteiger partial charge on any atom is -0.462 e. The number of nitrogens with one attached hydrogen (secondary N) is 1. The Kier molecular flexibility index (Phi) is 41.3. The van der Waals surface area contributed by atoms with E-state index in [0.29, 0.717) is 19.3 Å². The molecule has 0 aliphatic rings. The van der Waals surface area contributed by atoms with Gasteiger partial charge in [-0.3, -0.25) is 9.59 Å². The van der Waals surface area contributed by atoms with Gasteiger partial charge in [-0.05, 0) is 70.6 Å². The van der Waals surface area contributed by atoms with Gasteiger partial charge in [0.15, 0.2) is 0 Å². The van der Waals surface area contributed by atoms with Crippen molar-refractivity contribution in [2.45, 2.75) is 225 Å². The average molecular weight is 782 g/mol. The Morgan fingerprint density at radius 2 is 0.982 bits per heavy atom. The highest BCUT2D eigenvalue weighted by molar-refractivity contribution is 5.77. The molecule has 3 N–H and O–H groups in total. The Morgan fingerprint density at radius 1 is 0.536 bits per heavy atom. The van der Waals surface area contributed by atoms with Crippen molar-refractivity contribution < 1.29 is 24.5 Å². The molecule has 0 aliphatic heterocycles. The third-order valence-corrected chi connectivity index (χ3v) is 10.1. The molecular formula is C50H87NO5. The molecule has 0 bridgehead atoms. The van der Waals surface area contributed by atoms with Gasteiger partial charge < -0.3 is 20.3 Å². The Balaban J connectivity index is 4.71. The highest BCUT2D eigenvalue weighted by Crippen LogP contribution is 2.17. The summed E-state index contributed by atoms with van der Waals surface area (Å²) in [4.78, 5) is 26.0. The lowest BCUT2D eigenvalue weighted by Gasteiger charge is -2.24. The van der Waals surface area contributed by atoms with E-state index in [1.807, 2.05) is 42.5 Å². The summed E-state index contributed by atoms with van der Waals surface area (Å²) in [6, 6.07) is -0.713. The highest BCUT2D eigenvalue weighted by atomic mass is 16.5. The number of hydrogen-bond donors (Lipinski definition) is 3. The van der Waals surface area contributed by atoms with E-state index < -0.39 is 18.2 Å². The first-order valence-corrected chi connectivity index (χ1v) is 23.2. The van der Waals surface area contributed by atoms with E-state index in [2.05, 4.69) is 56.5 Å². The van der Waals surface area contributed by atoms with Gasteiger partial charge in [0.05, 0.1) is 25.2 Å². The van der Waals surface area contributed by atoms with Crippen molar-refractivity contribution >= 4 is 11.9 Å². The molecule has 3 unspecified atom stereocenters. The summed E-state index contributed by atoms with van der Waals surface area (Å²) in [5, 5.41) is 23.6. The lowest BCUT2D eigenvalue weighted by Crippen LogP contribution is -2.46. The van der Waals surface area contributed by atoms with Gasteiger partial charge in [0.1, 0.15) is 6.10 Å². The molecule has 0 rings (SSSR count). The summed E-state index contributed by atoms with van der Waals surface area (Å²) in [7, 11) is 0. The predicted molar refractivity (Wildman–Crippen MR) is 241 cm³/mol. The van der Waals surface area contributed by atoms with Crippen molar-refractivity contribution in [3.8, 4) is 0 Å². The standard InChI is InChI=1S/C50H87NO5/c1-4-7-10-13-16-19-21-23-24-26-28-31-34-37-40-43-50(55)56-46(41-38-35-32-30-27-25-22-20-17-14-11-8-5-2)44-49(54)51-47(45-52)48(53)42-39-36-33-29-18-15-12-9-6-3/h7,10,13,16,19-24,26,28,46-48,52-53H,4-6,8-9,11-12,14-15,17-18,25,27,29-45H2,1-3H3,(H,51,54)/b10-7+,16-13+,21-19-,22-20-,24-23-,28-26+. The average Bonchev–Trinajstić information content (AvgIpc) is 3.19. The second kappa shape index (κ2) is 43.4. The molecule has 1 amide bonds. The number of aliphatic hydroxyl groups excluding tert-OH is 2. The fourth-order valence-corrected chi connectivity index (χ4v) is 6.62. The number of carbonyl (C=O) groups is 2. The molecule has 0 aromatic heterocycles. The number of ether oxygens (including phenoxy) is 1. The third-order valence-electron chi connectivity index (χ3n) is 10.1. The second-order valence-corrected chi connectivity index (χ2v) is 15.5. The van der Waals surface area contributed by atoms with E-state index in [0.717, 1.165) is 77.0 Å². The fourth-order valence-electron chi connectivity index (χ4n) is 6.62. The minimum absolute atomic E-state index is 0.0513. The molecule has 0 spiro atoms. The van der Waals surface area contributed by atoms with Crippen LogP contribution in [0.15, 0.2) is 72.9 Å². The summed E-state index contributed by atoms with van der Waals surface area (Å²) in [6.45, 7) is 6.28. The van der Waals surface area contributed by atoms with E-state index in [9.17, 15) is 19.8 Å². The minimum atomic E-state index is -0.798. The van der Waals surface area contributed by atoms with Crippen LogP contribution in [0.4, 0.5) is 0 Å². The predicted octanol–water partition coefficient (Wildman–Crippen LogP) is 13.4. The molecule has 322 valence electrons. The van der Waals surface area contributed by atoms with Crippen LogP contribution in [0.25, 0.3) is 0 Å². The summed E-state index contributed by atoms with van der Waals surface area (Å²) in [5.41, 5.74) is 0. The Hall–Kier alpha value is -2.70. The molecule has 0 radical (unpaired) electrons. The van der Waals surface area contributed by atoms with E-state index in [4.69, 9.17) is 4.74 Å². The summed E-state index contributed by atoms with van der Waals surface area (Å²) < 4.78 is 5.88. The maximum absolute atomic E-state index is 13.1. The molecule has 0 aliphatic carbocycles. The zero-order chi connectivity index (χ0) is 41.0. The molecule has 3 atom stereocenters. The highest BCUT2D eigenvalue weighted by Gasteiger charge is 2.24. The number of esters is 1. The van der Waals surface area contributed by atoms with Crippen LogP contribution in [0.2, 0.25) is 0 Å². The van der Waals surface area contributed by atoms with Crippen molar-refractivity contribution in [3.63, 3.8) is 0 Å². The smallest absolute Gasteiger partial charge is 0.306 e. The van der Waals surface area contributed by atoms with Gasteiger partial charge in [0, 0.05) is 6.42 Å². The van der Waals surface area contributed by atoms with Gasteiger partial charge in [-0.25, -0.2) is 0 Å². The van der Waals surface area contributed by atoms with Crippen LogP contribution in [-0.4, -0.2) is 46.9 Å². The molecule has 0 saturated carbocycles. The SMILES string of the molecule is CC/C=C/C=C/C=C\C=C/C=C/CCCCCC(=O)OC(CCCCCCC/C=C\CCCCCC)CC(=O)NC(CO)C(O)CCCCCCCCCCC. The number of amides is 1. The fraction of sp³-hybridized carbons (Fsp3) is 0.720. The number of aliphatic hydroxyl groups is 2. The second-order valence-electron chi connectivity index (χ2n) is 15.5. The van der Waals surface area contributed by atoms with Gasteiger partial charge >= 0.3 is 5.97 Å². The maximum atomic E-state index is 13.1. The number of allylic oxidation sites excluding steroid dienone is 12. The van der Waals surface area contributed by atoms with Crippen molar-refractivity contribution in [3.05, 3.63) is 72.9 Å². The van der Waals surface area contributed by atoms with Crippen molar-refractivity contribution in [2.24, 2.45) is 0 Å². The van der Waals surface area contributed by atoms with Gasteiger partial charge in [0.25, 0.3) is 0 Å². The maximum Gasteiger partial charge on any atom is 0.306 e. The first-order valence-electron chi connectivity index (χ1n) is 23.2. The van der Waals surface area contributed by atoms with Crippen molar-refractivity contribution in [2.75, 3.05) is 6.61 Å². The van der Waals surface area contributed by atoms with Crippen LogP contribution in [0.3, 0.4) is 0 Å². The van der Waals surface area contributed by atoms with Crippen LogP contribution >= 0.6 is 0 Å². The lowest BCUT2D eigenvalue weighted by molar-refractivity contribution is -0.151. The largest absolute Gasteiger partial charge is 0.462 e. The Morgan fingerprint density at radius 3 is 1.54 bits per heavy atom. The summed E-state index contributed by atoms with van der Waals surface area (Å²) >= 11 is 0. The normalized spacial score (nSPS) is 14.0. The molecule has 0 aromatic carbocycles. The van der Waals surface area contributed by atoms with E-state index >= 15 is 0 Å². The molecule has 0 fully saturated rings. The van der Waals surface area contributed by atoms with Gasteiger partial charge in [-0.2, -0.15) is 0 Å². The molecule has 0 heterocycles. The van der Waals surface area contributed by atoms with Crippen molar-refractivity contribution in [1.29, 1.82) is 0 Å². The van der Waals surface area contributed by atoms with Crippen LogP contribution in [0.5, 0.6) is 0 Å². The third kappa shape index (κ3) is 38.2. The molecule has 6 heteroatoms. The van der Waals surface area contributed by atoms with Gasteiger partial charge in [-0.1, -0.05) is 196 Å². The number of carbonyl (C=O) groups excluding carboxylic acids is 2. The van der Waals surface area contributed by atoms with Gasteiger partial charge in [-0.15, -0.1) is 0 Å². The van der Waals surface area contributed by atoms with Gasteiger partial charge in [0.2, 0.25) is 5.91 Å².